The fourth-order valence-electron chi connectivity index (χ4n) is 3.34. The number of ether oxygens (including phenoxy) is 1. The summed E-state index contributed by atoms with van der Waals surface area (Å²) in [6, 6.07) is 12.3. The fraction of sp³-hybridized carbons (Fsp3) is 0.273. The van der Waals surface area contributed by atoms with Crippen molar-refractivity contribution in [2.75, 3.05) is 7.11 Å². The van der Waals surface area contributed by atoms with Gasteiger partial charge in [-0.2, -0.15) is 0 Å². The van der Waals surface area contributed by atoms with Crippen LogP contribution in [0.3, 0.4) is 0 Å². The predicted molar refractivity (Wildman–Crippen MR) is 113 cm³/mol. The van der Waals surface area contributed by atoms with Crippen LogP contribution in [0.5, 0.6) is 5.75 Å². The number of ketones is 1. The Morgan fingerprint density at radius 1 is 1.14 bits per heavy atom. The number of halogens is 1. The quantitative estimate of drug-likeness (QED) is 0.526. The highest BCUT2D eigenvalue weighted by Gasteiger charge is 2.23. The number of nitrogens with zero attached hydrogens (tertiary/aromatic N) is 2. The van der Waals surface area contributed by atoms with Gasteiger partial charge in [-0.15, -0.1) is 0 Å². The van der Waals surface area contributed by atoms with E-state index in [0.717, 1.165) is 27.2 Å². The van der Waals surface area contributed by atoms with Crippen molar-refractivity contribution in [2.24, 2.45) is 0 Å². The molecule has 0 radical (unpaired) electrons. The van der Waals surface area contributed by atoms with Gasteiger partial charge in [-0.25, -0.2) is 0 Å². The van der Waals surface area contributed by atoms with Crippen LogP contribution in [0.4, 0.5) is 0 Å². The van der Waals surface area contributed by atoms with E-state index >= 15 is 0 Å². The molecular weight excluding hydrogens is 420 g/mol. The first-order valence-electron chi connectivity index (χ1n) is 9.03. The van der Waals surface area contributed by atoms with E-state index in [9.17, 15) is 9.59 Å². The highest BCUT2D eigenvalue weighted by Crippen LogP contribution is 2.23. The summed E-state index contributed by atoms with van der Waals surface area (Å²) < 4.78 is 9.54. The van der Waals surface area contributed by atoms with Crippen molar-refractivity contribution >= 4 is 21.7 Å². The van der Waals surface area contributed by atoms with Gasteiger partial charge in [-0.3, -0.25) is 9.59 Å². The van der Waals surface area contributed by atoms with Crippen molar-refractivity contribution in [2.45, 2.75) is 33.4 Å². The zero-order valence-electron chi connectivity index (χ0n) is 16.4. The highest BCUT2D eigenvalue weighted by atomic mass is 79.9. The zero-order chi connectivity index (χ0) is 20.4. The van der Waals surface area contributed by atoms with Gasteiger partial charge in [0.05, 0.1) is 13.2 Å². The molecule has 0 saturated heterocycles. The minimum absolute atomic E-state index is 0.0747. The number of benzene rings is 1. The molecule has 5 nitrogen and oxygen atoms in total. The average Bonchev–Trinajstić information content (AvgIpc) is 2.97. The van der Waals surface area contributed by atoms with Crippen LogP contribution in [-0.4, -0.2) is 22.0 Å². The van der Waals surface area contributed by atoms with E-state index in [-0.39, 0.29) is 11.3 Å². The first-order chi connectivity index (χ1) is 13.3. The molecule has 1 atom stereocenters. The Morgan fingerprint density at radius 3 is 2.46 bits per heavy atom. The summed E-state index contributed by atoms with van der Waals surface area (Å²) in [5.41, 5.74) is 3.47. The molecule has 0 saturated carbocycles. The van der Waals surface area contributed by atoms with Crippen LogP contribution in [0.25, 0.3) is 0 Å². The standard InChI is InChI=1S/C22H23BrN2O3/c1-14-11-20(22(27)16(3)25-13-18(23)7-10-21(25)26)15(2)24(14)12-17-5-8-19(28-4)9-6-17/h5-11,13,16H,12H2,1-4H3. The van der Waals surface area contributed by atoms with Crippen molar-refractivity contribution in [3.8, 4) is 5.75 Å². The lowest BCUT2D eigenvalue weighted by molar-refractivity contribution is 0.0932. The molecule has 28 heavy (non-hydrogen) atoms. The van der Waals surface area contributed by atoms with Crippen LogP contribution in [0, 0.1) is 13.8 Å². The molecule has 1 unspecified atom stereocenters. The number of pyridine rings is 1. The number of hydrogen-bond acceptors (Lipinski definition) is 3. The maximum absolute atomic E-state index is 13.1. The molecule has 0 spiro atoms. The van der Waals surface area contributed by atoms with Gasteiger partial charge in [0, 0.05) is 40.2 Å². The van der Waals surface area contributed by atoms with Gasteiger partial charge >= 0.3 is 0 Å². The Hall–Kier alpha value is -2.60. The number of rotatable bonds is 6. The molecule has 3 aromatic rings. The summed E-state index contributed by atoms with van der Waals surface area (Å²) in [6.45, 7) is 6.36. The van der Waals surface area contributed by atoms with Crippen molar-refractivity contribution < 1.29 is 9.53 Å². The first-order valence-corrected chi connectivity index (χ1v) is 9.82. The van der Waals surface area contributed by atoms with Gasteiger partial charge in [-0.05, 0) is 66.5 Å². The maximum atomic E-state index is 13.1. The van der Waals surface area contributed by atoms with E-state index in [1.165, 1.54) is 10.6 Å². The summed E-state index contributed by atoms with van der Waals surface area (Å²) in [5, 5.41) is 0. The Balaban J connectivity index is 1.90. The number of hydrogen-bond donors (Lipinski definition) is 0. The molecule has 0 aliphatic heterocycles. The van der Waals surface area contributed by atoms with Gasteiger partial charge < -0.3 is 13.9 Å². The average molecular weight is 443 g/mol. The van der Waals surface area contributed by atoms with Crippen LogP contribution < -0.4 is 10.3 Å². The zero-order valence-corrected chi connectivity index (χ0v) is 18.0. The highest BCUT2D eigenvalue weighted by molar-refractivity contribution is 9.10. The number of carbonyl (C=O) groups is 1. The second-order valence-corrected chi connectivity index (χ2v) is 7.77. The van der Waals surface area contributed by atoms with Crippen molar-refractivity contribution in [1.82, 2.24) is 9.13 Å². The van der Waals surface area contributed by atoms with Crippen LogP contribution in [0.15, 0.2) is 57.9 Å². The van der Waals surface area contributed by atoms with Gasteiger partial charge in [-0.1, -0.05) is 12.1 Å². The summed E-state index contributed by atoms with van der Waals surface area (Å²) in [5.74, 6) is 0.739. The minimum atomic E-state index is -0.583. The normalized spacial score (nSPS) is 12.0. The summed E-state index contributed by atoms with van der Waals surface area (Å²) in [6.07, 6.45) is 1.65. The Morgan fingerprint density at radius 2 is 1.82 bits per heavy atom. The van der Waals surface area contributed by atoms with E-state index in [4.69, 9.17) is 4.74 Å². The predicted octanol–water partition coefficient (Wildman–Crippen LogP) is 4.53. The van der Waals surface area contributed by atoms with Gasteiger partial charge in [0.2, 0.25) is 0 Å². The number of aryl methyl sites for hydroxylation is 1. The van der Waals surface area contributed by atoms with E-state index < -0.39 is 6.04 Å². The molecule has 0 bridgehead atoms. The first kappa shape index (κ1) is 20.1. The van der Waals surface area contributed by atoms with E-state index in [1.807, 2.05) is 44.2 Å². The molecular formula is C22H23BrN2O3. The SMILES string of the molecule is COc1ccc(Cn2c(C)cc(C(=O)C(C)n3cc(Br)ccc3=O)c2C)cc1. The second-order valence-electron chi connectivity index (χ2n) is 6.85. The maximum Gasteiger partial charge on any atom is 0.251 e. The Labute approximate surface area is 172 Å². The number of aromatic nitrogens is 2. The Kier molecular flexibility index (Phi) is 5.89. The summed E-state index contributed by atoms with van der Waals surface area (Å²) in [7, 11) is 1.64. The topological polar surface area (TPSA) is 53.2 Å². The lowest BCUT2D eigenvalue weighted by atomic mass is 10.1. The second kappa shape index (κ2) is 8.19. The van der Waals surface area contributed by atoms with Gasteiger partial charge in [0.25, 0.3) is 5.56 Å². The molecule has 6 heteroatoms. The van der Waals surface area contributed by atoms with Crippen LogP contribution in [-0.2, 0) is 6.54 Å². The molecule has 146 valence electrons. The monoisotopic (exact) mass is 442 g/mol. The lowest BCUT2D eigenvalue weighted by Crippen LogP contribution is -2.27. The third-order valence-corrected chi connectivity index (χ3v) is 5.51. The Bertz CT molecular complexity index is 1060. The molecule has 3 rings (SSSR count). The van der Waals surface area contributed by atoms with E-state index in [0.29, 0.717) is 12.1 Å². The lowest BCUT2D eigenvalue weighted by Gasteiger charge is -2.15. The molecule has 2 heterocycles. The molecule has 0 N–H and O–H groups in total. The van der Waals surface area contributed by atoms with Crippen molar-refractivity contribution in [3.05, 3.63) is 86.0 Å². The van der Waals surface area contributed by atoms with Crippen molar-refractivity contribution in [3.63, 3.8) is 0 Å². The molecule has 0 aliphatic carbocycles. The van der Waals surface area contributed by atoms with Crippen LogP contribution >= 0.6 is 15.9 Å². The number of Topliss-reactive ketones (excluding diaryl/α,β-unsaturated/α-hetero) is 1. The third-order valence-electron chi connectivity index (χ3n) is 5.04. The molecule has 0 aliphatic rings. The van der Waals surface area contributed by atoms with Gasteiger partial charge in [0.15, 0.2) is 5.78 Å². The van der Waals surface area contributed by atoms with Crippen LogP contribution in [0.1, 0.15) is 40.3 Å². The van der Waals surface area contributed by atoms with E-state index in [2.05, 4.69) is 20.5 Å². The molecule has 0 fully saturated rings. The van der Waals surface area contributed by atoms with Gasteiger partial charge in [0.1, 0.15) is 5.75 Å². The van der Waals surface area contributed by atoms with Crippen molar-refractivity contribution in [1.29, 1.82) is 0 Å². The number of carbonyl (C=O) groups excluding carboxylic acids is 1. The summed E-state index contributed by atoms with van der Waals surface area (Å²) >= 11 is 3.36. The largest absolute Gasteiger partial charge is 0.497 e. The molecule has 2 aromatic heterocycles. The minimum Gasteiger partial charge on any atom is -0.497 e. The van der Waals surface area contributed by atoms with E-state index in [1.54, 1.807) is 26.3 Å². The van der Waals surface area contributed by atoms with Crippen LogP contribution in [0.2, 0.25) is 0 Å². The molecule has 0 amide bonds. The molecule has 1 aromatic carbocycles. The summed E-state index contributed by atoms with van der Waals surface area (Å²) in [4.78, 5) is 25.3. The third kappa shape index (κ3) is 3.97. The smallest absolute Gasteiger partial charge is 0.251 e. The number of methoxy groups -OCH3 is 1. The fourth-order valence-corrected chi connectivity index (χ4v) is 3.69.